The Morgan fingerprint density at radius 2 is 1.80 bits per heavy atom. The van der Waals surface area contributed by atoms with Crippen LogP contribution in [0.5, 0.6) is 11.5 Å². The van der Waals surface area contributed by atoms with Crippen LogP contribution >= 0.6 is 11.8 Å². The number of benzene rings is 2. The first-order chi connectivity index (χ1) is 16.8. The summed E-state index contributed by atoms with van der Waals surface area (Å²) in [4.78, 5) is 12.6. The molecule has 0 atom stereocenters. The van der Waals surface area contributed by atoms with E-state index in [1.54, 1.807) is 20.3 Å². The third kappa shape index (κ3) is 5.48. The standard InChI is InChI=1S/C25H27N5O4S/c1-25(2,3)20-14-22(34-29-20)26-21(31)15-35-24-28-27-23(18-8-6-7-9-19(18)33-5)30(24)16-10-12-17(32-4)13-11-16/h6-14H,15H2,1-5H3,(H,26,31). The predicted molar refractivity (Wildman–Crippen MR) is 134 cm³/mol. The van der Waals surface area contributed by atoms with E-state index in [1.807, 2.05) is 73.9 Å². The van der Waals surface area contributed by atoms with Gasteiger partial charge in [0, 0.05) is 11.5 Å². The van der Waals surface area contributed by atoms with Gasteiger partial charge in [-0.3, -0.25) is 14.7 Å². The summed E-state index contributed by atoms with van der Waals surface area (Å²) in [7, 11) is 3.23. The van der Waals surface area contributed by atoms with Crippen LogP contribution < -0.4 is 14.8 Å². The minimum atomic E-state index is -0.241. The van der Waals surface area contributed by atoms with Crippen LogP contribution in [0.3, 0.4) is 0 Å². The summed E-state index contributed by atoms with van der Waals surface area (Å²) in [6.07, 6.45) is 0. The Morgan fingerprint density at radius 1 is 1.06 bits per heavy atom. The van der Waals surface area contributed by atoms with Crippen LogP contribution in [0.2, 0.25) is 0 Å². The van der Waals surface area contributed by atoms with Gasteiger partial charge >= 0.3 is 0 Å². The van der Waals surface area contributed by atoms with Crippen molar-refractivity contribution in [3.63, 3.8) is 0 Å². The van der Waals surface area contributed by atoms with Crippen LogP contribution in [0, 0.1) is 0 Å². The van der Waals surface area contributed by atoms with Gasteiger partial charge in [-0.15, -0.1) is 10.2 Å². The number of nitrogens with zero attached hydrogens (tertiary/aromatic N) is 4. The van der Waals surface area contributed by atoms with Crippen molar-refractivity contribution in [2.45, 2.75) is 31.3 Å². The van der Waals surface area contributed by atoms with Crippen LogP contribution in [0.1, 0.15) is 26.5 Å². The molecule has 0 aliphatic rings. The molecular weight excluding hydrogens is 466 g/mol. The second-order valence-corrected chi connectivity index (χ2v) is 9.65. The molecule has 35 heavy (non-hydrogen) atoms. The van der Waals surface area contributed by atoms with Crippen molar-refractivity contribution in [1.29, 1.82) is 0 Å². The number of hydrogen-bond acceptors (Lipinski definition) is 8. The summed E-state index contributed by atoms with van der Waals surface area (Å²) >= 11 is 1.26. The number of methoxy groups -OCH3 is 2. The number of carbonyl (C=O) groups is 1. The van der Waals surface area contributed by atoms with Gasteiger partial charge in [0.15, 0.2) is 11.0 Å². The topological polar surface area (TPSA) is 104 Å². The van der Waals surface area contributed by atoms with E-state index in [0.29, 0.717) is 22.6 Å². The summed E-state index contributed by atoms with van der Waals surface area (Å²) in [5.74, 6) is 2.17. The molecule has 2 aromatic heterocycles. The number of aromatic nitrogens is 4. The minimum absolute atomic E-state index is 0.103. The van der Waals surface area contributed by atoms with Crippen molar-refractivity contribution in [2.75, 3.05) is 25.3 Å². The quantitative estimate of drug-likeness (QED) is 0.343. The van der Waals surface area contributed by atoms with Gasteiger partial charge in [0.1, 0.15) is 11.5 Å². The highest BCUT2D eigenvalue weighted by atomic mass is 32.2. The van der Waals surface area contributed by atoms with Crippen molar-refractivity contribution in [3.8, 4) is 28.6 Å². The fraction of sp³-hybridized carbons (Fsp3) is 0.280. The average Bonchev–Trinajstić information content (AvgIpc) is 3.50. The number of nitrogens with one attached hydrogen (secondary N) is 1. The number of carbonyl (C=O) groups excluding carboxylic acids is 1. The van der Waals surface area contributed by atoms with Gasteiger partial charge in [-0.05, 0) is 36.4 Å². The van der Waals surface area contributed by atoms with E-state index in [0.717, 1.165) is 22.7 Å². The molecule has 1 N–H and O–H groups in total. The molecule has 1 amide bonds. The molecular formula is C25H27N5O4S. The van der Waals surface area contributed by atoms with E-state index < -0.39 is 0 Å². The molecule has 10 heteroatoms. The van der Waals surface area contributed by atoms with E-state index in [4.69, 9.17) is 14.0 Å². The first kappa shape index (κ1) is 24.3. The van der Waals surface area contributed by atoms with Crippen molar-refractivity contribution >= 4 is 23.6 Å². The SMILES string of the molecule is COc1ccc(-n2c(SCC(=O)Nc3cc(C(C)(C)C)no3)nnc2-c2ccccc2OC)cc1. The number of rotatable bonds is 8. The first-order valence-electron chi connectivity index (χ1n) is 10.9. The molecule has 0 saturated carbocycles. The molecule has 2 heterocycles. The molecule has 0 aliphatic carbocycles. The summed E-state index contributed by atoms with van der Waals surface area (Å²) < 4.78 is 18.0. The van der Waals surface area contributed by atoms with Crippen LogP contribution in [-0.4, -0.2) is 45.8 Å². The van der Waals surface area contributed by atoms with Crippen LogP contribution in [-0.2, 0) is 10.2 Å². The first-order valence-corrected chi connectivity index (χ1v) is 11.9. The van der Waals surface area contributed by atoms with Gasteiger partial charge in [-0.25, -0.2) is 0 Å². The molecule has 4 rings (SSSR count). The molecule has 0 radical (unpaired) electrons. The Morgan fingerprint density at radius 3 is 2.46 bits per heavy atom. The number of amides is 1. The Bertz CT molecular complexity index is 1310. The summed E-state index contributed by atoms with van der Waals surface area (Å²) in [5.41, 5.74) is 2.20. The monoisotopic (exact) mass is 493 g/mol. The molecule has 0 bridgehead atoms. The van der Waals surface area contributed by atoms with Gasteiger partial charge in [-0.2, -0.15) is 0 Å². The maximum absolute atomic E-state index is 12.6. The van der Waals surface area contributed by atoms with E-state index in [1.165, 1.54) is 11.8 Å². The zero-order valence-electron chi connectivity index (χ0n) is 20.2. The largest absolute Gasteiger partial charge is 0.497 e. The van der Waals surface area contributed by atoms with Crippen molar-refractivity contribution in [3.05, 3.63) is 60.3 Å². The highest BCUT2D eigenvalue weighted by Gasteiger charge is 2.22. The smallest absolute Gasteiger partial charge is 0.237 e. The van der Waals surface area contributed by atoms with Crippen molar-refractivity contribution < 1.29 is 18.8 Å². The number of anilines is 1. The second kappa shape index (κ2) is 10.2. The lowest BCUT2D eigenvalue weighted by Gasteiger charge is -2.13. The third-order valence-corrected chi connectivity index (χ3v) is 6.11. The highest BCUT2D eigenvalue weighted by molar-refractivity contribution is 7.99. The molecule has 2 aromatic carbocycles. The Labute approximate surface area is 207 Å². The molecule has 0 aliphatic heterocycles. The van der Waals surface area contributed by atoms with E-state index in [-0.39, 0.29) is 17.1 Å². The van der Waals surface area contributed by atoms with E-state index in [9.17, 15) is 4.79 Å². The van der Waals surface area contributed by atoms with Gasteiger partial charge in [0.2, 0.25) is 11.8 Å². The number of para-hydroxylation sites is 1. The number of hydrogen-bond donors (Lipinski definition) is 1. The van der Waals surface area contributed by atoms with Crippen molar-refractivity contribution in [2.24, 2.45) is 0 Å². The summed E-state index contributed by atoms with van der Waals surface area (Å²) in [5, 5.41) is 16.1. The highest BCUT2D eigenvalue weighted by Crippen LogP contribution is 2.33. The van der Waals surface area contributed by atoms with E-state index >= 15 is 0 Å². The van der Waals surface area contributed by atoms with Gasteiger partial charge in [-0.1, -0.05) is 49.8 Å². The van der Waals surface area contributed by atoms with Crippen molar-refractivity contribution in [1.82, 2.24) is 19.9 Å². The van der Waals surface area contributed by atoms with Crippen LogP contribution in [0.25, 0.3) is 17.1 Å². The summed E-state index contributed by atoms with van der Waals surface area (Å²) in [6, 6.07) is 16.9. The zero-order valence-corrected chi connectivity index (χ0v) is 21.0. The van der Waals surface area contributed by atoms with Crippen LogP contribution in [0.4, 0.5) is 5.88 Å². The Hall–Kier alpha value is -3.79. The Kier molecular flexibility index (Phi) is 7.11. The second-order valence-electron chi connectivity index (χ2n) is 8.70. The maximum atomic E-state index is 12.6. The maximum Gasteiger partial charge on any atom is 0.237 e. The molecule has 0 spiro atoms. The predicted octanol–water partition coefficient (Wildman–Crippen LogP) is 4.97. The zero-order chi connectivity index (χ0) is 25.0. The molecule has 4 aromatic rings. The third-order valence-electron chi connectivity index (χ3n) is 5.19. The number of ether oxygens (including phenoxy) is 2. The van der Waals surface area contributed by atoms with Gasteiger partial charge in [0.25, 0.3) is 0 Å². The molecule has 182 valence electrons. The van der Waals surface area contributed by atoms with E-state index in [2.05, 4.69) is 20.7 Å². The lowest BCUT2D eigenvalue weighted by atomic mass is 9.92. The van der Waals surface area contributed by atoms with Crippen LogP contribution in [0.15, 0.2) is 64.3 Å². The lowest BCUT2D eigenvalue weighted by Crippen LogP contribution is -2.14. The molecule has 9 nitrogen and oxygen atoms in total. The molecule has 0 saturated heterocycles. The summed E-state index contributed by atoms with van der Waals surface area (Å²) in [6.45, 7) is 6.08. The fourth-order valence-electron chi connectivity index (χ4n) is 3.32. The minimum Gasteiger partial charge on any atom is -0.497 e. The normalized spacial score (nSPS) is 11.3. The lowest BCUT2D eigenvalue weighted by molar-refractivity contribution is -0.113. The molecule has 0 fully saturated rings. The Balaban J connectivity index is 1.60. The fourth-order valence-corrected chi connectivity index (χ4v) is 4.07. The molecule has 0 unspecified atom stereocenters. The number of thioether (sulfide) groups is 1. The van der Waals surface area contributed by atoms with Gasteiger partial charge in [0.05, 0.1) is 36.9 Å². The average molecular weight is 494 g/mol. The van der Waals surface area contributed by atoms with Gasteiger partial charge < -0.3 is 14.0 Å².